The largest absolute Gasteiger partial charge is 0.508 e. The minimum Gasteiger partial charge on any atom is -0.508 e. The summed E-state index contributed by atoms with van der Waals surface area (Å²) in [4.78, 5) is 12.7. The molecule has 0 heterocycles. The van der Waals surface area contributed by atoms with Gasteiger partial charge in [0, 0.05) is 11.6 Å². The number of carbonyl (C=O) groups is 1. The van der Waals surface area contributed by atoms with Crippen molar-refractivity contribution in [1.82, 2.24) is 0 Å². The molecule has 0 bridgehead atoms. The fourth-order valence-corrected chi connectivity index (χ4v) is 5.44. The van der Waals surface area contributed by atoms with Crippen LogP contribution in [0, 0.1) is 5.92 Å². The zero-order valence-corrected chi connectivity index (χ0v) is 31.0. The maximum atomic E-state index is 12.7. The third kappa shape index (κ3) is 19.7. The number of carbonyl (C=O) groups excluding carboxylic acids is 1. The fourth-order valence-electron chi connectivity index (χ4n) is 5.25. The van der Waals surface area contributed by atoms with Gasteiger partial charge in [0.15, 0.2) is 0 Å². The third-order valence-corrected chi connectivity index (χ3v) is 8.12. The second kappa shape index (κ2) is 26.6. The number of ether oxygens (including phenoxy) is 1. The topological polar surface area (TPSA) is 66.8 Å². The Kier molecular flexibility index (Phi) is 22.3. The Morgan fingerprint density at radius 1 is 0.680 bits per heavy atom. The SMILES string of the molecule is CCCCCCCCCCCCc1c(O)cc(CC(C)C)cc1OC(=O)C=CC=CC=CC=CC=CC=CC=CC=Cc1ccc(O)c(Cl)c1. The second-order valence-corrected chi connectivity index (χ2v) is 13.2. The smallest absolute Gasteiger partial charge is 0.336 e. The van der Waals surface area contributed by atoms with E-state index >= 15 is 0 Å². The van der Waals surface area contributed by atoms with Gasteiger partial charge in [-0.2, -0.15) is 0 Å². The van der Waals surface area contributed by atoms with Gasteiger partial charge in [0.25, 0.3) is 0 Å². The van der Waals surface area contributed by atoms with Gasteiger partial charge in [0.1, 0.15) is 17.2 Å². The number of hydrogen-bond donors (Lipinski definition) is 2. The van der Waals surface area contributed by atoms with Crippen LogP contribution in [0.1, 0.15) is 102 Å². The number of phenolic OH excluding ortho intramolecular Hbond substituents is 2. The van der Waals surface area contributed by atoms with Crippen molar-refractivity contribution in [2.24, 2.45) is 5.92 Å². The Bertz CT molecular complexity index is 1520. The van der Waals surface area contributed by atoms with Crippen LogP contribution in [-0.4, -0.2) is 16.2 Å². The van der Waals surface area contributed by atoms with Gasteiger partial charge in [0.2, 0.25) is 0 Å². The highest BCUT2D eigenvalue weighted by Gasteiger charge is 2.15. The van der Waals surface area contributed by atoms with Crippen LogP contribution < -0.4 is 4.74 Å². The minimum atomic E-state index is -0.463. The van der Waals surface area contributed by atoms with Gasteiger partial charge in [-0.15, -0.1) is 0 Å². The number of unbranched alkanes of at least 4 members (excludes halogenated alkanes) is 9. The molecule has 0 aromatic heterocycles. The number of halogens is 1. The highest BCUT2D eigenvalue weighted by atomic mass is 35.5. The number of allylic oxidation sites excluding steroid dienone is 14. The van der Waals surface area contributed by atoms with E-state index in [9.17, 15) is 15.0 Å². The second-order valence-electron chi connectivity index (χ2n) is 12.8. The molecule has 268 valence electrons. The number of phenols is 2. The van der Waals surface area contributed by atoms with E-state index in [-0.39, 0.29) is 11.5 Å². The molecule has 5 heteroatoms. The molecule has 2 N–H and O–H groups in total. The van der Waals surface area contributed by atoms with Crippen LogP contribution in [0.4, 0.5) is 0 Å². The quantitative estimate of drug-likeness (QED) is 0.0399. The van der Waals surface area contributed by atoms with Gasteiger partial charge >= 0.3 is 5.97 Å². The van der Waals surface area contributed by atoms with Crippen molar-refractivity contribution in [2.75, 3.05) is 0 Å². The lowest BCUT2D eigenvalue weighted by atomic mass is 9.97. The monoisotopic (exact) mass is 696 g/mol. The van der Waals surface area contributed by atoms with Crippen LogP contribution in [0.15, 0.2) is 121 Å². The molecule has 0 aliphatic heterocycles. The Hall–Kier alpha value is -4.28. The molecular weight excluding hydrogens is 640 g/mol. The van der Waals surface area contributed by atoms with Crippen molar-refractivity contribution < 1.29 is 19.7 Å². The number of hydrogen-bond acceptors (Lipinski definition) is 4. The Morgan fingerprint density at radius 3 is 1.74 bits per heavy atom. The van der Waals surface area contributed by atoms with E-state index in [0.29, 0.717) is 23.1 Å². The zero-order chi connectivity index (χ0) is 36.2. The summed E-state index contributed by atoms with van der Waals surface area (Å²) in [7, 11) is 0. The van der Waals surface area contributed by atoms with Crippen molar-refractivity contribution in [3.8, 4) is 17.2 Å². The summed E-state index contributed by atoms with van der Waals surface area (Å²) in [5.41, 5.74) is 2.60. The first-order valence-corrected chi connectivity index (χ1v) is 18.6. The van der Waals surface area contributed by atoms with E-state index in [0.717, 1.165) is 36.0 Å². The van der Waals surface area contributed by atoms with E-state index in [1.54, 1.807) is 30.4 Å². The van der Waals surface area contributed by atoms with Crippen molar-refractivity contribution in [3.05, 3.63) is 143 Å². The Labute approximate surface area is 306 Å². The van der Waals surface area contributed by atoms with Gasteiger partial charge < -0.3 is 14.9 Å². The van der Waals surface area contributed by atoms with Crippen LogP contribution in [0.3, 0.4) is 0 Å². The summed E-state index contributed by atoms with van der Waals surface area (Å²) in [5, 5.41) is 20.7. The molecule has 0 spiro atoms. The summed E-state index contributed by atoms with van der Waals surface area (Å²) in [6.07, 6.45) is 43.6. The minimum absolute atomic E-state index is 0.0762. The van der Waals surface area contributed by atoms with Crippen molar-refractivity contribution >= 4 is 23.6 Å². The lowest BCUT2D eigenvalue weighted by molar-refractivity contribution is -0.129. The maximum absolute atomic E-state index is 12.7. The predicted octanol–water partition coefficient (Wildman–Crippen LogP) is 12.9. The van der Waals surface area contributed by atoms with Crippen molar-refractivity contribution in [3.63, 3.8) is 0 Å². The Morgan fingerprint density at radius 2 is 1.20 bits per heavy atom. The highest BCUT2D eigenvalue weighted by molar-refractivity contribution is 6.32. The molecule has 2 aromatic carbocycles. The van der Waals surface area contributed by atoms with Gasteiger partial charge in [-0.1, -0.05) is 187 Å². The molecule has 0 saturated carbocycles. The van der Waals surface area contributed by atoms with Gasteiger partial charge in [-0.3, -0.25) is 0 Å². The molecule has 4 nitrogen and oxygen atoms in total. The van der Waals surface area contributed by atoms with E-state index in [4.69, 9.17) is 16.3 Å². The zero-order valence-electron chi connectivity index (χ0n) is 30.3. The first-order valence-electron chi connectivity index (χ1n) is 18.2. The molecule has 0 unspecified atom stereocenters. The summed E-state index contributed by atoms with van der Waals surface area (Å²) < 4.78 is 5.75. The average molecular weight is 697 g/mol. The molecule has 0 atom stereocenters. The average Bonchev–Trinajstić information content (AvgIpc) is 3.07. The lowest BCUT2D eigenvalue weighted by Crippen LogP contribution is -2.07. The van der Waals surface area contributed by atoms with Crippen molar-refractivity contribution in [2.45, 2.75) is 97.8 Å². The van der Waals surface area contributed by atoms with E-state index in [1.807, 2.05) is 91.1 Å². The molecule has 2 aromatic rings. The number of rotatable bonds is 23. The summed E-state index contributed by atoms with van der Waals surface area (Å²) in [6, 6.07) is 8.82. The summed E-state index contributed by atoms with van der Waals surface area (Å²) in [5.74, 6) is 0.719. The number of benzene rings is 2. The summed E-state index contributed by atoms with van der Waals surface area (Å²) in [6.45, 7) is 6.52. The Balaban J connectivity index is 1.77. The molecule has 0 saturated heterocycles. The normalized spacial score (nSPS) is 12.7. The van der Waals surface area contributed by atoms with Gasteiger partial charge in [0.05, 0.1) is 5.02 Å². The molecule has 0 fully saturated rings. The van der Waals surface area contributed by atoms with Crippen LogP contribution in [0.5, 0.6) is 17.2 Å². The maximum Gasteiger partial charge on any atom is 0.336 e. The van der Waals surface area contributed by atoms with Crippen LogP contribution >= 0.6 is 11.6 Å². The lowest BCUT2D eigenvalue weighted by Gasteiger charge is -2.14. The third-order valence-electron chi connectivity index (χ3n) is 7.82. The van der Waals surface area contributed by atoms with Crippen LogP contribution in [-0.2, 0) is 17.6 Å². The number of aromatic hydroxyl groups is 2. The van der Waals surface area contributed by atoms with Gasteiger partial charge in [-0.05, 0) is 60.6 Å². The summed E-state index contributed by atoms with van der Waals surface area (Å²) >= 11 is 5.91. The molecule has 0 amide bonds. The van der Waals surface area contributed by atoms with E-state index < -0.39 is 5.97 Å². The molecule has 0 aliphatic rings. The van der Waals surface area contributed by atoms with Crippen LogP contribution in [0.2, 0.25) is 5.02 Å². The number of esters is 1. The molecule has 50 heavy (non-hydrogen) atoms. The first kappa shape index (κ1) is 41.9. The van der Waals surface area contributed by atoms with Crippen LogP contribution in [0.25, 0.3) is 6.08 Å². The first-order chi connectivity index (χ1) is 24.3. The molecule has 0 radical (unpaired) electrons. The molecule has 2 rings (SSSR count). The highest BCUT2D eigenvalue weighted by Crippen LogP contribution is 2.33. The van der Waals surface area contributed by atoms with E-state index in [1.165, 1.54) is 57.4 Å². The van der Waals surface area contributed by atoms with Gasteiger partial charge in [-0.25, -0.2) is 4.79 Å². The standard InChI is InChI=1S/C45H57ClO4/c1-4-5-6-7-8-9-17-20-23-26-29-40-43(48)35-39(33-37(2)3)36-44(40)50-45(49)30-27-24-21-18-15-13-11-10-12-14-16-19-22-25-28-38-31-32-42(47)41(46)34-38/h10-16,18-19,21-22,24-25,27-28,30-32,34-37,47-48H,4-9,17,20,23,26,29,33H2,1-3H3. The predicted molar refractivity (Wildman–Crippen MR) is 214 cm³/mol. The van der Waals surface area contributed by atoms with Crippen molar-refractivity contribution in [1.29, 1.82) is 0 Å². The van der Waals surface area contributed by atoms with E-state index in [2.05, 4.69) is 20.8 Å². The molecule has 0 aliphatic carbocycles. The molecular formula is C45H57ClO4. The fraction of sp³-hybridized carbons (Fsp3) is 0.356.